The highest BCUT2D eigenvalue weighted by Gasteiger charge is 2.56. The predicted molar refractivity (Wildman–Crippen MR) is 91.7 cm³/mol. The van der Waals surface area contributed by atoms with Crippen LogP contribution in [-0.2, 0) is 11.8 Å². The standard InChI is InChI=1S/C20H21F5O2/c1-18(2,16-10-15(22)8-9-17(16)27-3)12-19(26,20(23,24)25)11-13-4-6-14(21)7-5-13/h4-10,26H,11-12H2,1-3H3. The molecule has 1 atom stereocenters. The van der Waals surface area contributed by atoms with Gasteiger partial charge in [0.05, 0.1) is 7.11 Å². The maximum Gasteiger partial charge on any atom is 0.417 e. The lowest BCUT2D eigenvalue weighted by molar-refractivity contribution is -0.266. The van der Waals surface area contributed by atoms with Gasteiger partial charge in [0, 0.05) is 12.0 Å². The van der Waals surface area contributed by atoms with Gasteiger partial charge in [-0.25, -0.2) is 8.78 Å². The fraction of sp³-hybridized carbons (Fsp3) is 0.400. The highest BCUT2D eigenvalue weighted by atomic mass is 19.4. The van der Waals surface area contributed by atoms with Crippen LogP contribution in [0.1, 0.15) is 31.4 Å². The molecule has 0 amide bonds. The molecular formula is C20H21F5O2. The molecule has 0 saturated carbocycles. The molecule has 0 heterocycles. The summed E-state index contributed by atoms with van der Waals surface area (Å²) >= 11 is 0. The SMILES string of the molecule is COc1ccc(F)cc1C(C)(C)CC(O)(Cc1ccc(F)cc1)C(F)(F)F. The van der Waals surface area contributed by atoms with E-state index in [1.165, 1.54) is 39.2 Å². The highest BCUT2D eigenvalue weighted by Crippen LogP contribution is 2.45. The summed E-state index contributed by atoms with van der Waals surface area (Å²) in [5.41, 5.74) is -4.01. The molecule has 148 valence electrons. The lowest BCUT2D eigenvalue weighted by atomic mass is 9.72. The van der Waals surface area contributed by atoms with Crippen molar-refractivity contribution in [1.29, 1.82) is 0 Å². The molecular weight excluding hydrogens is 367 g/mol. The Morgan fingerprint density at radius 1 is 0.926 bits per heavy atom. The second-order valence-corrected chi connectivity index (χ2v) is 7.24. The number of rotatable bonds is 6. The molecule has 0 spiro atoms. The van der Waals surface area contributed by atoms with Crippen molar-refractivity contribution in [3.63, 3.8) is 0 Å². The van der Waals surface area contributed by atoms with Crippen molar-refractivity contribution in [3.05, 3.63) is 65.2 Å². The average molecular weight is 388 g/mol. The van der Waals surface area contributed by atoms with Crippen LogP contribution in [0.3, 0.4) is 0 Å². The van der Waals surface area contributed by atoms with Crippen LogP contribution in [-0.4, -0.2) is 24.0 Å². The molecule has 0 aliphatic heterocycles. The average Bonchev–Trinajstić information content (AvgIpc) is 2.55. The van der Waals surface area contributed by atoms with Crippen LogP contribution >= 0.6 is 0 Å². The summed E-state index contributed by atoms with van der Waals surface area (Å²) < 4.78 is 73.1. The first-order valence-corrected chi connectivity index (χ1v) is 8.25. The van der Waals surface area contributed by atoms with Gasteiger partial charge < -0.3 is 9.84 Å². The van der Waals surface area contributed by atoms with E-state index in [9.17, 15) is 27.1 Å². The Balaban J connectivity index is 2.43. The van der Waals surface area contributed by atoms with Gasteiger partial charge in [0.25, 0.3) is 0 Å². The minimum absolute atomic E-state index is 0.137. The number of ether oxygens (including phenoxy) is 1. The van der Waals surface area contributed by atoms with E-state index < -0.39 is 41.7 Å². The molecule has 2 aromatic rings. The van der Waals surface area contributed by atoms with Crippen molar-refractivity contribution in [2.24, 2.45) is 0 Å². The number of methoxy groups -OCH3 is 1. The summed E-state index contributed by atoms with van der Waals surface area (Å²) in [5.74, 6) is -0.972. The molecule has 1 N–H and O–H groups in total. The maximum absolute atomic E-state index is 13.7. The zero-order chi connectivity index (χ0) is 20.5. The van der Waals surface area contributed by atoms with Crippen molar-refractivity contribution in [1.82, 2.24) is 0 Å². The Kier molecular flexibility index (Phi) is 5.85. The van der Waals surface area contributed by atoms with Gasteiger partial charge in [0.2, 0.25) is 0 Å². The summed E-state index contributed by atoms with van der Waals surface area (Å²) in [6.45, 7) is 2.96. The van der Waals surface area contributed by atoms with Gasteiger partial charge in [0.1, 0.15) is 17.4 Å². The second-order valence-electron chi connectivity index (χ2n) is 7.24. The summed E-state index contributed by atoms with van der Waals surface area (Å²) in [6.07, 6.45) is -6.43. The predicted octanol–water partition coefficient (Wildman–Crippen LogP) is 5.18. The molecule has 1 unspecified atom stereocenters. The van der Waals surface area contributed by atoms with Crippen LogP contribution in [0.2, 0.25) is 0 Å². The van der Waals surface area contributed by atoms with Gasteiger partial charge in [-0.1, -0.05) is 26.0 Å². The Morgan fingerprint density at radius 3 is 2.00 bits per heavy atom. The molecule has 7 heteroatoms. The molecule has 0 bridgehead atoms. The van der Waals surface area contributed by atoms with E-state index in [0.29, 0.717) is 0 Å². The molecule has 2 rings (SSSR count). The highest BCUT2D eigenvalue weighted by molar-refractivity contribution is 5.40. The van der Waals surface area contributed by atoms with E-state index in [2.05, 4.69) is 0 Å². The Labute approximate surface area is 154 Å². The summed E-state index contributed by atoms with van der Waals surface area (Å²) in [5, 5.41) is 10.5. The van der Waals surface area contributed by atoms with E-state index in [0.717, 1.165) is 24.3 Å². The lowest BCUT2D eigenvalue weighted by Crippen LogP contribution is -2.50. The molecule has 0 aliphatic carbocycles. The zero-order valence-electron chi connectivity index (χ0n) is 15.2. The first-order chi connectivity index (χ1) is 12.4. The topological polar surface area (TPSA) is 29.5 Å². The third kappa shape index (κ3) is 4.77. The van der Waals surface area contributed by atoms with Gasteiger partial charge in [-0.2, -0.15) is 13.2 Å². The lowest BCUT2D eigenvalue weighted by Gasteiger charge is -2.38. The van der Waals surface area contributed by atoms with Crippen LogP contribution in [0.5, 0.6) is 5.75 Å². The first kappa shape index (κ1) is 21.2. The zero-order valence-corrected chi connectivity index (χ0v) is 15.2. The molecule has 0 fully saturated rings. The quantitative estimate of drug-likeness (QED) is 0.692. The number of aliphatic hydroxyl groups is 1. The van der Waals surface area contributed by atoms with Gasteiger partial charge in [0.15, 0.2) is 5.60 Å². The van der Waals surface area contributed by atoms with E-state index in [1.807, 2.05) is 0 Å². The van der Waals surface area contributed by atoms with Crippen molar-refractivity contribution in [2.45, 2.75) is 43.9 Å². The van der Waals surface area contributed by atoms with Crippen molar-refractivity contribution < 1.29 is 31.8 Å². The van der Waals surface area contributed by atoms with E-state index in [-0.39, 0.29) is 16.9 Å². The molecule has 0 radical (unpaired) electrons. The van der Waals surface area contributed by atoms with Crippen LogP contribution in [0.4, 0.5) is 22.0 Å². The number of halogens is 5. The fourth-order valence-electron chi connectivity index (χ4n) is 3.24. The summed E-state index contributed by atoms with van der Waals surface area (Å²) in [6, 6.07) is 8.04. The van der Waals surface area contributed by atoms with Crippen molar-refractivity contribution >= 4 is 0 Å². The van der Waals surface area contributed by atoms with Crippen LogP contribution in [0.15, 0.2) is 42.5 Å². The van der Waals surface area contributed by atoms with Crippen molar-refractivity contribution in [2.75, 3.05) is 7.11 Å². The number of alkyl halides is 3. The third-order valence-electron chi connectivity index (χ3n) is 4.56. The molecule has 27 heavy (non-hydrogen) atoms. The normalized spacial score (nSPS) is 14.7. The summed E-state index contributed by atoms with van der Waals surface area (Å²) in [7, 11) is 1.33. The first-order valence-electron chi connectivity index (χ1n) is 8.25. The smallest absolute Gasteiger partial charge is 0.417 e. The molecule has 2 nitrogen and oxygen atoms in total. The third-order valence-corrected chi connectivity index (χ3v) is 4.56. The van der Waals surface area contributed by atoms with E-state index >= 15 is 0 Å². The van der Waals surface area contributed by atoms with E-state index in [4.69, 9.17) is 4.74 Å². The summed E-state index contributed by atoms with van der Waals surface area (Å²) in [4.78, 5) is 0. The van der Waals surface area contributed by atoms with Gasteiger partial charge in [-0.05, 0) is 47.7 Å². The molecule has 0 saturated heterocycles. The Bertz CT molecular complexity index is 784. The number of benzene rings is 2. The van der Waals surface area contributed by atoms with Gasteiger partial charge in [-0.3, -0.25) is 0 Å². The minimum atomic E-state index is -4.95. The Hall–Kier alpha value is -2.15. The second kappa shape index (κ2) is 7.46. The van der Waals surface area contributed by atoms with Gasteiger partial charge in [-0.15, -0.1) is 0 Å². The van der Waals surface area contributed by atoms with Gasteiger partial charge >= 0.3 is 6.18 Å². The molecule has 0 aromatic heterocycles. The number of hydrogen-bond donors (Lipinski definition) is 1. The largest absolute Gasteiger partial charge is 0.496 e. The minimum Gasteiger partial charge on any atom is -0.496 e. The molecule has 0 aliphatic rings. The van der Waals surface area contributed by atoms with Crippen LogP contribution in [0.25, 0.3) is 0 Å². The monoisotopic (exact) mass is 388 g/mol. The maximum atomic E-state index is 13.7. The van der Waals surface area contributed by atoms with E-state index in [1.54, 1.807) is 0 Å². The van der Waals surface area contributed by atoms with Crippen molar-refractivity contribution in [3.8, 4) is 5.75 Å². The number of hydrogen-bond acceptors (Lipinski definition) is 2. The molecule has 2 aromatic carbocycles. The fourth-order valence-corrected chi connectivity index (χ4v) is 3.24. The van der Waals surface area contributed by atoms with Crippen LogP contribution in [0, 0.1) is 11.6 Å². The van der Waals surface area contributed by atoms with Crippen LogP contribution < -0.4 is 4.74 Å². The Morgan fingerprint density at radius 2 is 1.48 bits per heavy atom.